The molecule has 0 aliphatic rings. The third kappa shape index (κ3) is 8.91. The van der Waals surface area contributed by atoms with Crippen LogP contribution >= 0.6 is 0 Å². The number of amides is 2. The van der Waals surface area contributed by atoms with Crippen LogP contribution in [0, 0.1) is 0 Å². The van der Waals surface area contributed by atoms with Gasteiger partial charge in [-0.2, -0.15) is 0 Å². The molecule has 0 aliphatic heterocycles. The second-order valence-corrected chi connectivity index (χ2v) is 8.23. The zero-order valence-electron chi connectivity index (χ0n) is 17.8. The minimum Gasteiger partial charge on any atom is -0.444 e. The van der Waals surface area contributed by atoms with E-state index in [1.807, 2.05) is 32.9 Å². The van der Waals surface area contributed by atoms with Crippen LogP contribution in [0.3, 0.4) is 0 Å². The zero-order chi connectivity index (χ0) is 20.6. The van der Waals surface area contributed by atoms with Crippen molar-refractivity contribution >= 4 is 12.0 Å². The monoisotopic (exact) mass is 377 g/mol. The van der Waals surface area contributed by atoms with Crippen LogP contribution in [-0.4, -0.2) is 47.7 Å². The van der Waals surface area contributed by atoms with Crippen LogP contribution in [0.1, 0.15) is 64.4 Å². The SMILES string of the molecule is CC(C)N(CCNC(=O)c1ccc(CNC(=O)OC(C)(C)C)cc1)C(C)C. The molecule has 0 saturated heterocycles. The Hall–Kier alpha value is -2.08. The van der Waals surface area contributed by atoms with Crippen LogP contribution < -0.4 is 10.6 Å². The van der Waals surface area contributed by atoms with Gasteiger partial charge in [-0.25, -0.2) is 4.79 Å². The third-order valence-corrected chi connectivity index (χ3v) is 4.03. The first-order valence-corrected chi connectivity index (χ1v) is 9.59. The predicted octanol–water partition coefficient (Wildman–Crippen LogP) is 3.56. The number of carbonyl (C=O) groups excluding carboxylic acids is 2. The standard InChI is InChI=1S/C21H35N3O3/c1-15(2)24(16(3)4)13-12-22-19(25)18-10-8-17(9-11-18)14-23-20(26)27-21(5,6)7/h8-11,15-16H,12-14H2,1-7H3,(H,22,25)(H,23,26). The molecule has 0 spiro atoms. The minimum absolute atomic E-state index is 0.0888. The largest absolute Gasteiger partial charge is 0.444 e. The molecule has 0 aromatic heterocycles. The molecule has 0 saturated carbocycles. The third-order valence-electron chi connectivity index (χ3n) is 4.03. The summed E-state index contributed by atoms with van der Waals surface area (Å²) in [5, 5.41) is 5.67. The first-order chi connectivity index (χ1) is 12.5. The van der Waals surface area contributed by atoms with Gasteiger partial charge in [-0.1, -0.05) is 12.1 Å². The molecule has 2 N–H and O–H groups in total. The van der Waals surface area contributed by atoms with Crippen LogP contribution in [0.15, 0.2) is 24.3 Å². The fourth-order valence-electron chi connectivity index (χ4n) is 2.78. The molecule has 152 valence electrons. The number of carbonyl (C=O) groups is 2. The van der Waals surface area contributed by atoms with Gasteiger partial charge in [-0.15, -0.1) is 0 Å². The van der Waals surface area contributed by atoms with E-state index < -0.39 is 11.7 Å². The van der Waals surface area contributed by atoms with Crippen molar-refractivity contribution in [1.29, 1.82) is 0 Å². The zero-order valence-corrected chi connectivity index (χ0v) is 17.8. The van der Waals surface area contributed by atoms with Crippen molar-refractivity contribution in [3.05, 3.63) is 35.4 Å². The van der Waals surface area contributed by atoms with Crippen LogP contribution in [0.4, 0.5) is 4.79 Å². The highest BCUT2D eigenvalue weighted by Crippen LogP contribution is 2.08. The molecule has 0 fully saturated rings. The van der Waals surface area contributed by atoms with E-state index in [1.54, 1.807) is 12.1 Å². The Morgan fingerprint density at radius 2 is 1.56 bits per heavy atom. The summed E-state index contributed by atoms with van der Waals surface area (Å²) < 4.78 is 5.20. The maximum atomic E-state index is 12.3. The highest BCUT2D eigenvalue weighted by molar-refractivity contribution is 5.94. The number of rotatable bonds is 8. The molecule has 6 heteroatoms. The van der Waals surface area contributed by atoms with Crippen LogP contribution in [0.2, 0.25) is 0 Å². The lowest BCUT2D eigenvalue weighted by atomic mass is 10.1. The summed E-state index contributed by atoms with van der Waals surface area (Å²) in [4.78, 5) is 26.3. The molecule has 0 unspecified atom stereocenters. The van der Waals surface area contributed by atoms with Gasteiger partial charge >= 0.3 is 6.09 Å². The highest BCUT2D eigenvalue weighted by Gasteiger charge is 2.16. The van der Waals surface area contributed by atoms with Crippen molar-refractivity contribution in [2.75, 3.05) is 13.1 Å². The Morgan fingerprint density at radius 3 is 2.04 bits per heavy atom. The lowest BCUT2D eigenvalue weighted by Crippen LogP contribution is -2.42. The van der Waals surface area contributed by atoms with Crippen molar-refractivity contribution < 1.29 is 14.3 Å². The van der Waals surface area contributed by atoms with Gasteiger partial charge in [0.25, 0.3) is 5.91 Å². The second kappa shape index (κ2) is 10.3. The van der Waals surface area contributed by atoms with Gasteiger partial charge in [0, 0.05) is 37.3 Å². The van der Waals surface area contributed by atoms with Gasteiger partial charge in [0.2, 0.25) is 0 Å². The van der Waals surface area contributed by atoms with Crippen LogP contribution in [0.5, 0.6) is 0 Å². The Balaban J connectivity index is 2.46. The first-order valence-electron chi connectivity index (χ1n) is 9.59. The van der Waals surface area contributed by atoms with Gasteiger partial charge in [0.1, 0.15) is 5.60 Å². The van der Waals surface area contributed by atoms with Gasteiger partial charge in [-0.3, -0.25) is 9.69 Å². The molecule has 0 radical (unpaired) electrons. The number of alkyl carbamates (subject to hydrolysis) is 1. The summed E-state index contributed by atoms with van der Waals surface area (Å²) >= 11 is 0. The number of hydrogen-bond acceptors (Lipinski definition) is 4. The average Bonchev–Trinajstić information content (AvgIpc) is 2.55. The summed E-state index contributed by atoms with van der Waals surface area (Å²) in [6, 6.07) is 8.09. The number of nitrogens with one attached hydrogen (secondary N) is 2. The molecule has 1 aromatic rings. The number of hydrogen-bond donors (Lipinski definition) is 2. The predicted molar refractivity (Wildman–Crippen MR) is 109 cm³/mol. The molecular weight excluding hydrogens is 342 g/mol. The van der Waals surface area contributed by atoms with E-state index in [0.717, 1.165) is 12.1 Å². The first kappa shape index (κ1) is 23.0. The van der Waals surface area contributed by atoms with Crippen molar-refractivity contribution in [2.45, 2.75) is 72.7 Å². The molecule has 1 rings (SSSR count). The molecule has 6 nitrogen and oxygen atoms in total. The smallest absolute Gasteiger partial charge is 0.407 e. The van der Waals surface area contributed by atoms with Gasteiger partial charge in [0.05, 0.1) is 0 Å². The van der Waals surface area contributed by atoms with Crippen molar-refractivity contribution in [2.24, 2.45) is 0 Å². The van der Waals surface area contributed by atoms with E-state index in [-0.39, 0.29) is 5.91 Å². The summed E-state index contributed by atoms with van der Waals surface area (Å²) in [6.45, 7) is 15.9. The van der Waals surface area contributed by atoms with Crippen LogP contribution in [-0.2, 0) is 11.3 Å². The number of nitrogens with zero attached hydrogens (tertiary/aromatic N) is 1. The minimum atomic E-state index is -0.521. The maximum Gasteiger partial charge on any atom is 0.407 e. The maximum absolute atomic E-state index is 12.3. The lowest BCUT2D eigenvalue weighted by Gasteiger charge is -2.30. The molecule has 2 amide bonds. The second-order valence-electron chi connectivity index (χ2n) is 8.23. The van der Waals surface area contributed by atoms with Gasteiger partial charge in [0.15, 0.2) is 0 Å². The van der Waals surface area contributed by atoms with E-state index in [9.17, 15) is 9.59 Å². The molecule has 0 bridgehead atoms. The Labute approximate surface area is 163 Å². The Kier molecular flexibility index (Phi) is 8.76. The summed E-state index contributed by atoms with van der Waals surface area (Å²) in [7, 11) is 0. The van der Waals surface area contributed by atoms with Crippen molar-refractivity contribution in [3.63, 3.8) is 0 Å². The number of benzene rings is 1. The lowest BCUT2D eigenvalue weighted by molar-refractivity contribution is 0.0523. The van der Waals surface area contributed by atoms with E-state index in [2.05, 4.69) is 43.2 Å². The van der Waals surface area contributed by atoms with E-state index in [4.69, 9.17) is 4.74 Å². The van der Waals surface area contributed by atoms with Crippen LogP contribution in [0.25, 0.3) is 0 Å². The molecule has 0 atom stereocenters. The molecular formula is C21H35N3O3. The normalized spacial score (nSPS) is 11.8. The van der Waals surface area contributed by atoms with E-state index in [0.29, 0.717) is 30.7 Å². The highest BCUT2D eigenvalue weighted by atomic mass is 16.6. The summed E-state index contributed by atoms with van der Waals surface area (Å²) in [5.74, 6) is -0.0888. The molecule has 27 heavy (non-hydrogen) atoms. The summed E-state index contributed by atoms with van der Waals surface area (Å²) in [5.41, 5.74) is 0.993. The Morgan fingerprint density at radius 1 is 1.00 bits per heavy atom. The quantitative estimate of drug-likeness (QED) is 0.727. The van der Waals surface area contributed by atoms with Crippen molar-refractivity contribution in [1.82, 2.24) is 15.5 Å². The molecule has 1 aromatic carbocycles. The average molecular weight is 378 g/mol. The van der Waals surface area contributed by atoms with Gasteiger partial charge in [-0.05, 0) is 66.2 Å². The van der Waals surface area contributed by atoms with E-state index in [1.165, 1.54) is 0 Å². The molecule has 0 heterocycles. The number of ether oxygens (including phenoxy) is 1. The van der Waals surface area contributed by atoms with E-state index >= 15 is 0 Å². The van der Waals surface area contributed by atoms with Crippen molar-refractivity contribution in [3.8, 4) is 0 Å². The fraction of sp³-hybridized carbons (Fsp3) is 0.619. The Bertz CT molecular complexity index is 596. The molecule has 0 aliphatic carbocycles. The summed E-state index contributed by atoms with van der Waals surface area (Å²) in [6.07, 6.45) is -0.454. The fourth-order valence-corrected chi connectivity index (χ4v) is 2.78. The topological polar surface area (TPSA) is 70.7 Å². The van der Waals surface area contributed by atoms with Gasteiger partial charge < -0.3 is 15.4 Å².